The van der Waals surface area contributed by atoms with Crippen LogP contribution in [0.25, 0.3) is 23.0 Å². The summed E-state index contributed by atoms with van der Waals surface area (Å²) in [5.74, 6) is -0.533. The highest BCUT2D eigenvalue weighted by Gasteiger charge is 2.24. The van der Waals surface area contributed by atoms with Gasteiger partial charge in [-0.05, 0) is 62.2 Å². The van der Waals surface area contributed by atoms with Gasteiger partial charge in [-0.1, -0.05) is 59.6 Å². The minimum Gasteiger partial charge on any atom is -0.337 e. The first-order valence-corrected chi connectivity index (χ1v) is 12.7. The molecule has 4 aromatic rings. The summed E-state index contributed by atoms with van der Waals surface area (Å²) in [7, 11) is 0. The molecule has 2 amide bonds. The number of aryl methyl sites for hydroxylation is 1. The van der Waals surface area contributed by atoms with Crippen molar-refractivity contribution in [1.29, 1.82) is 0 Å². The lowest BCUT2D eigenvalue weighted by Crippen LogP contribution is -2.36. The molecule has 1 fully saturated rings. The van der Waals surface area contributed by atoms with Gasteiger partial charge in [-0.25, -0.2) is 4.68 Å². The van der Waals surface area contributed by atoms with E-state index in [2.05, 4.69) is 5.32 Å². The summed E-state index contributed by atoms with van der Waals surface area (Å²) in [6.45, 7) is 3.31. The second-order valence-electron chi connectivity index (χ2n) is 9.10. The highest BCUT2D eigenvalue weighted by Crippen LogP contribution is 2.27. The number of benzene rings is 3. The number of carbonyl (C=O) groups is 2. The molecule has 2 heterocycles. The van der Waals surface area contributed by atoms with Crippen molar-refractivity contribution < 1.29 is 9.59 Å². The molecular formula is C30H27ClN4O2. The molecule has 1 aliphatic rings. The zero-order valence-corrected chi connectivity index (χ0v) is 21.3. The molecule has 37 heavy (non-hydrogen) atoms. The first-order valence-electron chi connectivity index (χ1n) is 12.3. The molecule has 1 saturated heterocycles. The third kappa shape index (κ3) is 5.65. The Labute approximate surface area is 221 Å². The molecule has 0 spiro atoms. The fraction of sp³-hybridized carbons (Fsp3) is 0.167. The molecule has 0 bridgehead atoms. The zero-order chi connectivity index (χ0) is 25.8. The Kier molecular flexibility index (Phi) is 7.19. The van der Waals surface area contributed by atoms with Gasteiger partial charge in [0.05, 0.1) is 5.69 Å². The maximum Gasteiger partial charge on any atom is 0.270 e. The summed E-state index contributed by atoms with van der Waals surface area (Å²) in [6.07, 6.45) is 5.50. The van der Waals surface area contributed by atoms with E-state index in [1.165, 1.54) is 0 Å². The lowest BCUT2D eigenvalue weighted by Gasteiger charge is -2.18. The van der Waals surface area contributed by atoms with E-state index in [1.54, 1.807) is 39.9 Å². The van der Waals surface area contributed by atoms with Gasteiger partial charge in [-0.3, -0.25) is 9.59 Å². The van der Waals surface area contributed by atoms with Crippen LogP contribution in [0.2, 0.25) is 5.02 Å². The summed E-state index contributed by atoms with van der Waals surface area (Å²) in [5.41, 5.74) is 4.88. The number of hydrogen-bond donors (Lipinski definition) is 1. The largest absolute Gasteiger partial charge is 0.337 e. The second kappa shape index (κ2) is 10.8. The number of aromatic nitrogens is 2. The van der Waals surface area contributed by atoms with Crippen LogP contribution in [0.1, 0.15) is 34.3 Å². The number of hydrogen-bond acceptors (Lipinski definition) is 3. The molecule has 5 rings (SSSR count). The van der Waals surface area contributed by atoms with E-state index in [-0.39, 0.29) is 17.5 Å². The number of para-hydroxylation sites is 1. The van der Waals surface area contributed by atoms with Crippen LogP contribution in [0.3, 0.4) is 0 Å². The van der Waals surface area contributed by atoms with Gasteiger partial charge in [0.1, 0.15) is 11.4 Å². The van der Waals surface area contributed by atoms with Crippen LogP contribution >= 0.6 is 11.6 Å². The monoisotopic (exact) mass is 510 g/mol. The van der Waals surface area contributed by atoms with Crippen molar-refractivity contribution in [2.24, 2.45) is 0 Å². The van der Waals surface area contributed by atoms with E-state index in [1.807, 2.05) is 67.7 Å². The van der Waals surface area contributed by atoms with Gasteiger partial charge in [0, 0.05) is 41.0 Å². The van der Waals surface area contributed by atoms with Gasteiger partial charge in [0.15, 0.2) is 0 Å². The highest BCUT2D eigenvalue weighted by molar-refractivity contribution is 6.30. The zero-order valence-electron chi connectivity index (χ0n) is 20.5. The molecule has 0 unspecified atom stereocenters. The summed E-state index contributed by atoms with van der Waals surface area (Å²) < 4.78 is 1.77. The molecule has 186 valence electrons. The van der Waals surface area contributed by atoms with Crippen LogP contribution in [0, 0.1) is 6.92 Å². The number of carbonyl (C=O) groups excluding carboxylic acids is 2. The van der Waals surface area contributed by atoms with Gasteiger partial charge >= 0.3 is 0 Å². The Hall–Kier alpha value is -4.16. The molecule has 3 aromatic carbocycles. The van der Waals surface area contributed by atoms with Crippen LogP contribution in [0.4, 0.5) is 0 Å². The summed E-state index contributed by atoms with van der Waals surface area (Å²) in [5, 5.41) is 8.34. The van der Waals surface area contributed by atoms with E-state index >= 15 is 0 Å². The van der Waals surface area contributed by atoms with Crippen molar-refractivity contribution in [3.8, 4) is 16.9 Å². The van der Waals surface area contributed by atoms with Crippen LogP contribution in [-0.4, -0.2) is 39.6 Å². The minimum atomic E-state index is -0.331. The molecule has 7 heteroatoms. The van der Waals surface area contributed by atoms with Crippen molar-refractivity contribution in [2.75, 3.05) is 13.1 Å². The Morgan fingerprint density at radius 3 is 2.27 bits per heavy atom. The van der Waals surface area contributed by atoms with Gasteiger partial charge in [0.2, 0.25) is 0 Å². The topological polar surface area (TPSA) is 67.2 Å². The number of nitrogens with zero attached hydrogens (tertiary/aromatic N) is 3. The van der Waals surface area contributed by atoms with Crippen molar-refractivity contribution in [1.82, 2.24) is 20.0 Å². The predicted molar refractivity (Wildman–Crippen MR) is 146 cm³/mol. The van der Waals surface area contributed by atoms with E-state index in [0.29, 0.717) is 34.9 Å². The Balaban J connectivity index is 1.59. The van der Waals surface area contributed by atoms with Gasteiger partial charge in [-0.2, -0.15) is 5.10 Å². The van der Waals surface area contributed by atoms with Crippen molar-refractivity contribution in [3.05, 3.63) is 112 Å². The number of rotatable bonds is 6. The van der Waals surface area contributed by atoms with Crippen LogP contribution < -0.4 is 5.32 Å². The first-order chi connectivity index (χ1) is 18.0. The normalized spacial score (nSPS) is 13.6. The van der Waals surface area contributed by atoms with Crippen LogP contribution in [-0.2, 0) is 4.79 Å². The Bertz CT molecular complexity index is 1440. The number of halogens is 1. The molecule has 0 atom stereocenters. The third-order valence-electron chi connectivity index (χ3n) is 6.37. The molecular weight excluding hydrogens is 484 g/mol. The van der Waals surface area contributed by atoms with Gasteiger partial charge in [0.25, 0.3) is 11.8 Å². The SMILES string of the molecule is Cc1ccc(C(=O)N/C(=C/c2cn(-c3ccccc3)nc2-c2ccc(Cl)cc2)C(=O)N2CCCC2)cc1. The smallest absolute Gasteiger partial charge is 0.270 e. The average molecular weight is 511 g/mol. The maximum atomic E-state index is 13.5. The Morgan fingerprint density at radius 2 is 1.59 bits per heavy atom. The molecule has 1 aromatic heterocycles. The summed E-state index contributed by atoms with van der Waals surface area (Å²) in [6, 6.07) is 24.4. The average Bonchev–Trinajstić information content (AvgIpc) is 3.60. The molecule has 6 nitrogen and oxygen atoms in total. The molecule has 0 radical (unpaired) electrons. The van der Waals surface area contributed by atoms with Crippen molar-refractivity contribution >= 4 is 29.5 Å². The van der Waals surface area contributed by atoms with Crippen molar-refractivity contribution in [3.63, 3.8) is 0 Å². The molecule has 1 N–H and O–H groups in total. The lowest BCUT2D eigenvalue weighted by molar-refractivity contribution is -0.126. The molecule has 0 saturated carbocycles. The number of nitrogens with one attached hydrogen (secondary N) is 1. The standard InChI is InChI=1S/C30H27ClN4O2/c1-21-9-11-23(12-10-21)29(36)32-27(30(37)34-17-5-6-18-34)19-24-20-35(26-7-3-2-4-8-26)33-28(24)22-13-15-25(31)16-14-22/h2-4,7-16,19-20H,5-6,17-18H2,1H3,(H,32,36)/b27-19+. The Morgan fingerprint density at radius 1 is 0.919 bits per heavy atom. The number of likely N-dealkylation sites (tertiary alicyclic amines) is 1. The quantitative estimate of drug-likeness (QED) is 0.329. The molecule has 0 aliphatic carbocycles. The van der Waals surface area contributed by atoms with Crippen LogP contribution in [0.5, 0.6) is 0 Å². The highest BCUT2D eigenvalue weighted by atomic mass is 35.5. The van der Waals surface area contributed by atoms with E-state index in [4.69, 9.17) is 16.7 Å². The third-order valence-corrected chi connectivity index (χ3v) is 6.62. The second-order valence-corrected chi connectivity index (χ2v) is 9.53. The fourth-order valence-corrected chi connectivity index (χ4v) is 4.46. The predicted octanol–water partition coefficient (Wildman–Crippen LogP) is 5.89. The minimum absolute atomic E-state index is 0.201. The fourth-order valence-electron chi connectivity index (χ4n) is 4.33. The first kappa shape index (κ1) is 24.5. The maximum absolute atomic E-state index is 13.5. The summed E-state index contributed by atoms with van der Waals surface area (Å²) in [4.78, 5) is 28.5. The van der Waals surface area contributed by atoms with E-state index in [9.17, 15) is 9.59 Å². The number of amides is 2. The van der Waals surface area contributed by atoms with Gasteiger partial charge < -0.3 is 10.2 Å². The van der Waals surface area contributed by atoms with Gasteiger partial charge in [-0.15, -0.1) is 0 Å². The van der Waals surface area contributed by atoms with Crippen LogP contribution in [0.15, 0.2) is 90.8 Å². The molecule has 1 aliphatic heterocycles. The summed E-state index contributed by atoms with van der Waals surface area (Å²) >= 11 is 6.13. The van der Waals surface area contributed by atoms with Crippen molar-refractivity contribution in [2.45, 2.75) is 19.8 Å². The lowest BCUT2D eigenvalue weighted by atomic mass is 10.1. The van der Waals surface area contributed by atoms with E-state index < -0.39 is 0 Å². The van der Waals surface area contributed by atoms with E-state index in [0.717, 1.165) is 29.7 Å².